The zero-order chi connectivity index (χ0) is 23.4. The molecule has 1 aliphatic heterocycles. The van der Waals surface area contributed by atoms with Crippen LogP contribution in [0.5, 0.6) is 0 Å². The number of esters is 1. The Morgan fingerprint density at radius 2 is 1.85 bits per heavy atom. The molecule has 8 nitrogen and oxygen atoms in total. The lowest BCUT2D eigenvalue weighted by molar-refractivity contribution is -0.152. The lowest BCUT2D eigenvalue weighted by atomic mass is 9.99. The SMILES string of the molecule is Cc1ccc(N2C(=O)CC(C(=O)OCC(=O)NC(=O)NC3CCCC3)C2c2cccs2)cc1. The molecular weight excluding hydrogens is 442 g/mol. The number of thiophene rings is 1. The number of aryl methyl sites for hydroxylation is 1. The van der Waals surface area contributed by atoms with E-state index in [4.69, 9.17) is 4.74 Å². The lowest BCUT2D eigenvalue weighted by Crippen LogP contribution is -2.45. The molecule has 2 N–H and O–H groups in total. The first kappa shape index (κ1) is 23.0. The van der Waals surface area contributed by atoms with Crippen molar-refractivity contribution in [3.05, 3.63) is 52.2 Å². The van der Waals surface area contributed by atoms with Gasteiger partial charge in [-0.05, 0) is 43.3 Å². The third kappa shape index (κ3) is 5.42. The average molecular weight is 470 g/mol. The minimum atomic E-state index is -0.752. The molecule has 9 heteroatoms. The van der Waals surface area contributed by atoms with Crippen molar-refractivity contribution in [1.29, 1.82) is 0 Å². The molecule has 33 heavy (non-hydrogen) atoms. The number of rotatable bonds is 6. The summed E-state index contributed by atoms with van der Waals surface area (Å²) in [6, 6.07) is 10.3. The van der Waals surface area contributed by atoms with Crippen LogP contribution in [0.15, 0.2) is 41.8 Å². The van der Waals surface area contributed by atoms with E-state index >= 15 is 0 Å². The molecule has 2 unspecified atom stereocenters. The first-order chi connectivity index (χ1) is 15.9. The number of amides is 4. The van der Waals surface area contributed by atoms with Crippen molar-refractivity contribution in [2.75, 3.05) is 11.5 Å². The summed E-state index contributed by atoms with van der Waals surface area (Å²) in [5.41, 5.74) is 1.78. The van der Waals surface area contributed by atoms with Crippen molar-refractivity contribution in [3.8, 4) is 0 Å². The maximum atomic E-state index is 12.9. The van der Waals surface area contributed by atoms with Crippen molar-refractivity contribution in [3.63, 3.8) is 0 Å². The molecule has 0 bridgehead atoms. The fraction of sp³-hybridized carbons (Fsp3) is 0.417. The predicted octanol–water partition coefficient (Wildman–Crippen LogP) is 3.46. The second-order valence-corrected chi connectivity index (χ2v) is 9.46. The molecule has 1 aromatic carbocycles. The molecular formula is C24H27N3O5S. The highest BCUT2D eigenvalue weighted by atomic mass is 32.1. The summed E-state index contributed by atoms with van der Waals surface area (Å²) in [6.07, 6.45) is 3.89. The van der Waals surface area contributed by atoms with Gasteiger partial charge in [-0.25, -0.2) is 4.79 Å². The molecule has 0 radical (unpaired) electrons. The molecule has 174 valence electrons. The summed E-state index contributed by atoms with van der Waals surface area (Å²) in [5.74, 6) is -2.27. The first-order valence-electron chi connectivity index (χ1n) is 11.1. The van der Waals surface area contributed by atoms with Crippen LogP contribution in [0.2, 0.25) is 0 Å². The molecule has 1 aliphatic carbocycles. The van der Waals surface area contributed by atoms with E-state index in [-0.39, 0.29) is 18.4 Å². The van der Waals surface area contributed by atoms with E-state index in [1.807, 2.05) is 48.7 Å². The number of hydrogen-bond acceptors (Lipinski definition) is 6. The summed E-state index contributed by atoms with van der Waals surface area (Å²) < 4.78 is 5.23. The van der Waals surface area contributed by atoms with Crippen LogP contribution in [-0.2, 0) is 19.1 Å². The van der Waals surface area contributed by atoms with Gasteiger partial charge in [0.2, 0.25) is 5.91 Å². The Morgan fingerprint density at radius 1 is 1.12 bits per heavy atom. The van der Waals surface area contributed by atoms with E-state index in [2.05, 4.69) is 10.6 Å². The van der Waals surface area contributed by atoms with Gasteiger partial charge in [0.15, 0.2) is 6.61 Å². The third-order valence-corrected chi connectivity index (χ3v) is 7.00. The number of anilines is 1. The van der Waals surface area contributed by atoms with Gasteiger partial charge >= 0.3 is 12.0 Å². The Kier molecular flexibility index (Phi) is 7.08. The highest BCUT2D eigenvalue weighted by molar-refractivity contribution is 7.10. The zero-order valence-electron chi connectivity index (χ0n) is 18.4. The van der Waals surface area contributed by atoms with Crippen LogP contribution in [0.3, 0.4) is 0 Å². The maximum absolute atomic E-state index is 12.9. The molecule has 2 heterocycles. The molecule has 2 atom stereocenters. The minimum absolute atomic E-state index is 0.0148. The van der Waals surface area contributed by atoms with Crippen LogP contribution in [0.1, 0.15) is 48.6 Å². The van der Waals surface area contributed by atoms with Crippen molar-refractivity contribution in [2.45, 2.75) is 51.1 Å². The third-order valence-electron chi connectivity index (χ3n) is 6.06. The lowest BCUT2D eigenvalue weighted by Gasteiger charge is -2.27. The molecule has 2 fully saturated rings. The topological polar surface area (TPSA) is 105 Å². The summed E-state index contributed by atoms with van der Waals surface area (Å²) in [6.45, 7) is 1.38. The maximum Gasteiger partial charge on any atom is 0.321 e. The van der Waals surface area contributed by atoms with Gasteiger partial charge in [-0.15, -0.1) is 11.3 Å². The average Bonchev–Trinajstić information content (AvgIpc) is 3.54. The van der Waals surface area contributed by atoms with Crippen LogP contribution in [0.4, 0.5) is 10.5 Å². The summed E-state index contributed by atoms with van der Waals surface area (Å²) in [5, 5.41) is 6.84. The Hall–Kier alpha value is -3.20. The normalized spacial score (nSPS) is 20.6. The van der Waals surface area contributed by atoms with Crippen molar-refractivity contribution >= 4 is 40.8 Å². The van der Waals surface area contributed by atoms with Crippen molar-refractivity contribution in [2.24, 2.45) is 5.92 Å². The Balaban J connectivity index is 1.40. The molecule has 0 spiro atoms. The number of benzene rings is 1. The van der Waals surface area contributed by atoms with Gasteiger partial charge in [-0.1, -0.05) is 36.6 Å². The molecule has 4 amide bonds. The second kappa shape index (κ2) is 10.2. The van der Waals surface area contributed by atoms with Gasteiger partial charge in [-0.3, -0.25) is 19.7 Å². The number of carbonyl (C=O) groups is 4. The number of imide groups is 1. The summed E-state index contributed by atoms with van der Waals surface area (Å²) >= 11 is 1.46. The zero-order valence-corrected chi connectivity index (χ0v) is 19.2. The van der Waals surface area contributed by atoms with E-state index in [0.29, 0.717) is 5.69 Å². The first-order valence-corrected chi connectivity index (χ1v) is 12.0. The number of nitrogens with one attached hydrogen (secondary N) is 2. The predicted molar refractivity (Wildman–Crippen MR) is 124 cm³/mol. The molecule has 1 saturated heterocycles. The number of nitrogens with zero attached hydrogens (tertiary/aromatic N) is 1. The van der Waals surface area contributed by atoms with Gasteiger partial charge in [0, 0.05) is 23.0 Å². The Bertz CT molecular complexity index is 1020. The van der Waals surface area contributed by atoms with Crippen LogP contribution >= 0.6 is 11.3 Å². The standard InChI is InChI=1S/C24H27N3O5S/c1-15-8-10-17(11-9-15)27-21(29)13-18(22(27)19-7-4-12-33-19)23(30)32-14-20(28)26-24(31)25-16-5-2-3-6-16/h4,7-12,16,18,22H,2-3,5-6,13-14H2,1H3,(H2,25,26,28,31). The van der Waals surface area contributed by atoms with Crippen molar-refractivity contribution in [1.82, 2.24) is 10.6 Å². The number of urea groups is 1. The fourth-order valence-corrected chi connectivity index (χ4v) is 5.32. The molecule has 4 rings (SSSR count). The number of carbonyl (C=O) groups excluding carboxylic acids is 4. The Labute approximate surface area is 196 Å². The van der Waals surface area contributed by atoms with E-state index in [9.17, 15) is 19.2 Å². The minimum Gasteiger partial charge on any atom is -0.455 e. The largest absolute Gasteiger partial charge is 0.455 e. The van der Waals surface area contributed by atoms with E-state index in [1.54, 1.807) is 4.90 Å². The molecule has 2 aliphatic rings. The van der Waals surface area contributed by atoms with Gasteiger partial charge < -0.3 is 15.0 Å². The van der Waals surface area contributed by atoms with Crippen molar-refractivity contribution < 1.29 is 23.9 Å². The van der Waals surface area contributed by atoms with E-state index in [0.717, 1.165) is 36.1 Å². The summed E-state index contributed by atoms with van der Waals surface area (Å²) in [4.78, 5) is 52.4. The fourth-order valence-electron chi connectivity index (χ4n) is 4.44. The van der Waals surface area contributed by atoms with E-state index in [1.165, 1.54) is 11.3 Å². The van der Waals surface area contributed by atoms with Crippen LogP contribution in [0.25, 0.3) is 0 Å². The summed E-state index contributed by atoms with van der Waals surface area (Å²) in [7, 11) is 0. The van der Waals surface area contributed by atoms with E-state index < -0.39 is 36.5 Å². The van der Waals surface area contributed by atoms with Gasteiger partial charge in [0.25, 0.3) is 5.91 Å². The van der Waals surface area contributed by atoms with Crippen LogP contribution < -0.4 is 15.5 Å². The number of ether oxygens (including phenoxy) is 1. The monoisotopic (exact) mass is 469 g/mol. The molecule has 1 saturated carbocycles. The highest BCUT2D eigenvalue weighted by Crippen LogP contribution is 2.43. The molecule has 2 aromatic rings. The second-order valence-electron chi connectivity index (χ2n) is 8.48. The quantitative estimate of drug-likeness (QED) is 0.631. The smallest absolute Gasteiger partial charge is 0.321 e. The van der Waals surface area contributed by atoms with Crippen LogP contribution in [0, 0.1) is 12.8 Å². The number of hydrogen-bond donors (Lipinski definition) is 2. The van der Waals surface area contributed by atoms with Gasteiger partial charge in [0.05, 0.1) is 12.0 Å². The molecule has 1 aromatic heterocycles. The highest BCUT2D eigenvalue weighted by Gasteiger charge is 2.46. The Morgan fingerprint density at radius 3 is 2.52 bits per heavy atom. The van der Waals surface area contributed by atoms with Gasteiger partial charge in [0.1, 0.15) is 0 Å². The van der Waals surface area contributed by atoms with Gasteiger partial charge in [-0.2, -0.15) is 0 Å². The van der Waals surface area contributed by atoms with Crippen LogP contribution in [-0.4, -0.2) is 36.5 Å².